The second-order valence-electron chi connectivity index (χ2n) is 5.39. The first-order valence-electron chi connectivity index (χ1n) is 7.02. The molecule has 1 radical (unpaired) electrons. The molecular formula is C12H23O4Si4. The Morgan fingerprint density at radius 3 is 2.60 bits per heavy atom. The smallest absolute Gasteiger partial charge is 0.345 e. The van der Waals surface area contributed by atoms with Crippen molar-refractivity contribution < 1.29 is 16.5 Å². The van der Waals surface area contributed by atoms with Gasteiger partial charge in [-0.1, -0.05) is 37.3 Å². The SMILES string of the molecule is CC(C[Si]1(C)O[SiH]O[SiH](C)O[SiH](C)O1)c1ccccc1. The maximum absolute atomic E-state index is 6.25. The van der Waals surface area contributed by atoms with Gasteiger partial charge in [0.2, 0.25) is 0 Å². The van der Waals surface area contributed by atoms with Crippen molar-refractivity contribution in [2.75, 3.05) is 0 Å². The summed E-state index contributed by atoms with van der Waals surface area (Å²) in [5, 5.41) is 0. The van der Waals surface area contributed by atoms with Crippen molar-refractivity contribution in [2.45, 2.75) is 38.5 Å². The first-order valence-corrected chi connectivity index (χ1v) is 14.7. The van der Waals surface area contributed by atoms with Crippen molar-refractivity contribution >= 4 is 37.1 Å². The highest BCUT2D eigenvalue weighted by Gasteiger charge is 2.38. The average molecular weight is 344 g/mol. The molecule has 0 spiro atoms. The van der Waals surface area contributed by atoms with Gasteiger partial charge in [0.25, 0.3) is 18.6 Å². The van der Waals surface area contributed by atoms with E-state index >= 15 is 0 Å². The fraction of sp³-hybridized carbons (Fsp3) is 0.500. The van der Waals surface area contributed by atoms with E-state index in [1.54, 1.807) is 0 Å². The molecular weight excluding hydrogens is 320 g/mol. The minimum absolute atomic E-state index is 0.433. The molecule has 1 aliphatic heterocycles. The molecule has 1 aliphatic rings. The third-order valence-corrected chi connectivity index (χ3v) is 15.5. The molecule has 4 atom stereocenters. The zero-order valence-corrected chi connectivity index (χ0v) is 17.0. The van der Waals surface area contributed by atoms with E-state index in [9.17, 15) is 0 Å². The van der Waals surface area contributed by atoms with Crippen LogP contribution in [-0.2, 0) is 16.5 Å². The van der Waals surface area contributed by atoms with Gasteiger partial charge in [-0.05, 0) is 37.2 Å². The van der Waals surface area contributed by atoms with Crippen LogP contribution in [0.1, 0.15) is 18.4 Å². The van der Waals surface area contributed by atoms with Gasteiger partial charge in [0, 0.05) is 0 Å². The molecule has 111 valence electrons. The second kappa shape index (κ2) is 7.27. The molecule has 8 heteroatoms. The lowest BCUT2D eigenvalue weighted by molar-refractivity contribution is 0.284. The fourth-order valence-electron chi connectivity index (χ4n) is 2.47. The minimum atomic E-state index is -2.19. The van der Waals surface area contributed by atoms with Gasteiger partial charge in [0.15, 0.2) is 0 Å². The number of hydrogen-bond donors (Lipinski definition) is 0. The predicted molar refractivity (Wildman–Crippen MR) is 88.8 cm³/mol. The predicted octanol–water partition coefficient (Wildman–Crippen LogP) is 1.91. The van der Waals surface area contributed by atoms with Gasteiger partial charge in [-0.3, -0.25) is 0 Å². The van der Waals surface area contributed by atoms with Crippen LogP contribution in [0.5, 0.6) is 0 Å². The van der Waals surface area contributed by atoms with Crippen LogP contribution in [0.3, 0.4) is 0 Å². The topological polar surface area (TPSA) is 36.9 Å². The highest BCUT2D eigenvalue weighted by atomic mass is 28.5. The normalized spacial score (nSPS) is 33.2. The van der Waals surface area contributed by atoms with Crippen molar-refractivity contribution in [1.29, 1.82) is 0 Å². The molecule has 0 N–H and O–H groups in total. The van der Waals surface area contributed by atoms with Gasteiger partial charge in [0.05, 0.1) is 0 Å². The molecule has 2 rings (SSSR count). The van der Waals surface area contributed by atoms with Gasteiger partial charge in [-0.2, -0.15) is 0 Å². The molecule has 4 nitrogen and oxygen atoms in total. The Bertz CT molecular complexity index is 421. The molecule has 1 aromatic rings. The summed E-state index contributed by atoms with van der Waals surface area (Å²) in [7, 11) is -5.76. The molecule has 1 fully saturated rings. The van der Waals surface area contributed by atoms with Crippen molar-refractivity contribution in [2.24, 2.45) is 0 Å². The van der Waals surface area contributed by atoms with Crippen molar-refractivity contribution in [3.8, 4) is 0 Å². The van der Waals surface area contributed by atoms with Crippen LogP contribution in [0.15, 0.2) is 30.3 Å². The van der Waals surface area contributed by atoms with Gasteiger partial charge in [0.1, 0.15) is 0 Å². The van der Waals surface area contributed by atoms with E-state index < -0.39 is 37.1 Å². The Hall–Kier alpha value is -0.0725. The van der Waals surface area contributed by atoms with Gasteiger partial charge < -0.3 is 16.5 Å². The third kappa shape index (κ3) is 4.74. The summed E-state index contributed by atoms with van der Waals surface area (Å²) in [5.41, 5.74) is 1.34. The van der Waals surface area contributed by atoms with Crippen LogP contribution >= 0.6 is 0 Å². The summed E-state index contributed by atoms with van der Waals surface area (Å²) in [5.74, 6) is 0.433. The lowest BCUT2D eigenvalue weighted by atomic mass is 10.0. The standard InChI is InChI=1S/C12H23O4Si4/c1-11(12-8-6-5-7-9-12)10-20(4)14-17-13-18(2)15-19(3)16-20/h5-9,11,17-19H,10H2,1-4H3. The van der Waals surface area contributed by atoms with Crippen LogP contribution < -0.4 is 0 Å². The van der Waals surface area contributed by atoms with Crippen molar-refractivity contribution in [1.82, 2.24) is 0 Å². The summed E-state index contributed by atoms with van der Waals surface area (Å²) in [6.07, 6.45) is 0. The summed E-state index contributed by atoms with van der Waals surface area (Å²) >= 11 is 0. The number of benzene rings is 1. The fourth-order valence-corrected chi connectivity index (χ4v) is 14.0. The summed E-state index contributed by atoms with van der Waals surface area (Å²) in [6, 6.07) is 11.5. The highest BCUT2D eigenvalue weighted by molar-refractivity contribution is 6.78. The maximum Gasteiger partial charge on any atom is 0.345 e. The van der Waals surface area contributed by atoms with E-state index in [2.05, 4.69) is 44.3 Å². The summed E-state index contributed by atoms with van der Waals surface area (Å²) < 4.78 is 23.9. The van der Waals surface area contributed by atoms with E-state index in [1.807, 2.05) is 12.6 Å². The molecule has 0 aromatic heterocycles. The van der Waals surface area contributed by atoms with Crippen molar-refractivity contribution in [3.63, 3.8) is 0 Å². The average Bonchev–Trinajstić information content (AvgIpc) is 2.37. The molecule has 0 saturated carbocycles. The van der Waals surface area contributed by atoms with Crippen LogP contribution in [0.4, 0.5) is 0 Å². The summed E-state index contributed by atoms with van der Waals surface area (Å²) in [6.45, 7) is 8.50. The largest absolute Gasteiger partial charge is 0.420 e. The van der Waals surface area contributed by atoms with Gasteiger partial charge in [-0.15, -0.1) is 0 Å². The Labute approximate surface area is 128 Å². The first kappa shape index (κ1) is 16.3. The molecule has 1 aromatic carbocycles. The van der Waals surface area contributed by atoms with Gasteiger partial charge in [-0.25, -0.2) is 0 Å². The Kier molecular flexibility index (Phi) is 5.92. The monoisotopic (exact) mass is 343 g/mol. The molecule has 1 saturated heterocycles. The maximum atomic E-state index is 6.25. The van der Waals surface area contributed by atoms with Crippen LogP contribution in [0, 0.1) is 0 Å². The molecule has 0 aliphatic carbocycles. The van der Waals surface area contributed by atoms with Crippen LogP contribution in [0.2, 0.25) is 25.7 Å². The van der Waals surface area contributed by atoms with E-state index in [0.717, 1.165) is 6.04 Å². The number of hydrogen-bond acceptors (Lipinski definition) is 4. The minimum Gasteiger partial charge on any atom is -0.420 e. The van der Waals surface area contributed by atoms with E-state index in [0.29, 0.717) is 5.92 Å². The lowest BCUT2D eigenvalue weighted by Crippen LogP contribution is -2.50. The van der Waals surface area contributed by atoms with E-state index in [1.165, 1.54) is 5.56 Å². The van der Waals surface area contributed by atoms with Crippen LogP contribution in [0.25, 0.3) is 0 Å². The third-order valence-electron chi connectivity index (χ3n) is 3.39. The highest BCUT2D eigenvalue weighted by Crippen LogP contribution is 2.28. The molecule has 20 heavy (non-hydrogen) atoms. The first-order chi connectivity index (χ1) is 9.48. The molecule has 4 unspecified atom stereocenters. The summed E-state index contributed by atoms with van der Waals surface area (Å²) in [4.78, 5) is 0. The molecule has 0 bridgehead atoms. The Morgan fingerprint density at radius 1 is 1.20 bits per heavy atom. The number of rotatable bonds is 3. The van der Waals surface area contributed by atoms with E-state index in [4.69, 9.17) is 16.5 Å². The lowest BCUT2D eigenvalue weighted by Gasteiger charge is -2.35. The van der Waals surface area contributed by atoms with Crippen molar-refractivity contribution in [3.05, 3.63) is 35.9 Å². The molecule has 1 heterocycles. The van der Waals surface area contributed by atoms with Crippen LogP contribution in [-0.4, -0.2) is 37.1 Å². The molecule has 0 amide bonds. The zero-order chi connectivity index (χ0) is 14.6. The Morgan fingerprint density at radius 2 is 1.90 bits per heavy atom. The second-order valence-corrected chi connectivity index (χ2v) is 14.6. The van der Waals surface area contributed by atoms with Gasteiger partial charge >= 0.3 is 18.6 Å². The Balaban J connectivity index is 2.02. The zero-order valence-electron chi connectivity index (χ0n) is 12.5. The quantitative estimate of drug-likeness (QED) is 0.786. The van der Waals surface area contributed by atoms with E-state index in [-0.39, 0.29) is 0 Å².